The van der Waals surface area contributed by atoms with Crippen LogP contribution in [0.1, 0.15) is 58.8 Å². The Hall–Kier alpha value is -1.07. The first-order valence-electron chi connectivity index (χ1n) is 10.1. The third-order valence-electron chi connectivity index (χ3n) is 8.82. The van der Waals surface area contributed by atoms with Gasteiger partial charge in [-0.3, -0.25) is 14.4 Å². The molecule has 2 N–H and O–H groups in total. The number of carbonyl (C=O) groups excluding carboxylic acids is 3. The summed E-state index contributed by atoms with van der Waals surface area (Å²) in [5, 5.41) is 20.5. The number of rotatable bonds is 2. The van der Waals surface area contributed by atoms with Gasteiger partial charge in [-0.1, -0.05) is 13.8 Å². The Morgan fingerprint density at radius 2 is 1.85 bits per heavy atom. The number of aliphatic hydroxyl groups is 2. The van der Waals surface area contributed by atoms with E-state index >= 15 is 0 Å². The molecule has 4 fully saturated rings. The molecule has 0 aromatic heterocycles. The predicted molar refractivity (Wildman–Crippen MR) is 94.1 cm³/mol. The van der Waals surface area contributed by atoms with Crippen LogP contribution in [0.15, 0.2) is 0 Å². The molecule has 0 radical (unpaired) electrons. The number of Topliss-reactive ketones (excluding diaryl/α,β-unsaturated/α-hetero) is 3. The Kier molecular flexibility index (Phi) is 4.20. The van der Waals surface area contributed by atoms with E-state index in [4.69, 9.17) is 0 Å². The molecule has 4 aliphatic carbocycles. The topological polar surface area (TPSA) is 91.7 Å². The van der Waals surface area contributed by atoms with E-state index in [2.05, 4.69) is 13.8 Å². The zero-order valence-electron chi connectivity index (χ0n) is 15.7. The zero-order chi connectivity index (χ0) is 18.9. The van der Waals surface area contributed by atoms with Gasteiger partial charge in [-0.05, 0) is 67.1 Å². The van der Waals surface area contributed by atoms with Gasteiger partial charge in [0.15, 0.2) is 11.6 Å². The predicted octanol–water partition coefficient (Wildman–Crippen LogP) is 1.93. The highest BCUT2D eigenvalue weighted by atomic mass is 16.3. The number of hydrogen-bond donors (Lipinski definition) is 2. The average molecular weight is 362 g/mol. The van der Waals surface area contributed by atoms with Crippen LogP contribution >= 0.6 is 0 Å². The Labute approximate surface area is 154 Å². The lowest BCUT2D eigenvalue weighted by molar-refractivity contribution is -0.178. The van der Waals surface area contributed by atoms with Crippen LogP contribution in [0.2, 0.25) is 0 Å². The normalized spacial score (nSPS) is 50.8. The highest BCUT2D eigenvalue weighted by molar-refractivity contribution is 6.38. The van der Waals surface area contributed by atoms with E-state index in [1.807, 2.05) is 0 Å². The minimum atomic E-state index is -0.554. The third-order valence-corrected chi connectivity index (χ3v) is 8.82. The summed E-state index contributed by atoms with van der Waals surface area (Å²) < 4.78 is 0. The van der Waals surface area contributed by atoms with E-state index in [-0.39, 0.29) is 45.9 Å². The van der Waals surface area contributed by atoms with E-state index in [0.717, 1.165) is 25.7 Å². The molecule has 0 saturated heterocycles. The molecule has 0 amide bonds. The Morgan fingerprint density at radius 1 is 1.12 bits per heavy atom. The van der Waals surface area contributed by atoms with Crippen molar-refractivity contribution < 1.29 is 24.6 Å². The molecular formula is C21H30O5. The summed E-state index contributed by atoms with van der Waals surface area (Å²) in [6, 6.07) is 0. The second-order valence-electron chi connectivity index (χ2n) is 9.75. The van der Waals surface area contributed by atoms with Crippen molar-refractivity contribution in [3.63, 3.8) is 0 Å². The lowest BCUT2D eigenvalue weighted by Gasteiger charge is -2.61. The minimum Gasteiger partial charge on any atom is -0.393 e. The molecule has 4 aliphatic rings. The first kappa shape index (κ1) is 18.3. The van der Waals surface area contributed by atoms with Crippen molar-refractivity contribution in [3.05, 3.63) is 0 Å². The van der Waals surface area contributed by atoms with Gasteiger partial charge in [-0.2, -0.15) is 0 Å². The number of aliphatic hydroxyl groups excluding tert-OH is 2. The van der Waals surface area contributed by atoms with Gasteiger partial charge >= 0.3 is 0 Å². The average Bonchev–Trinajstić information content (AvgIpc) is 2.94. The van der Waals surface area contributed by atoms with E-state index in [1.54, 1.807) is 0 Å². The van der Waals surface area contributed by atoms with Crippen molar-refractivity contribution in [2.24, 2.45) is 40.4 Å². The van der Waals surface area contributed by atoms with E-state index < -0.39 is 12.7 Å². The number of hydrogen-bond acceptors (Lipinski definition) is 5. The molecule has 0 bridgehead atoms. The number of carbonyl (C=O) groups is 3. The van der Waals surface area contributed by atoms with Gasteiger partial charge in [0, 0.05) is 18.3 Å². The molecule has 0 aromatic rings. The summed E-state index contributed by atoms with van der Waals surface area (Å²) in [4.78, 5) is 36.8. The lowest BCUT2D eigenvalue weighted by atomic mass is 9.43. The minimum absolute atomic E-state index is 0.0272. The van der Waals surface area contributed by atoms with Crippen LogP contribution in [0.25, 0.3) is 0 Å². The molecule has 5 nitrogen and oxygen atoms in total. The van der Waals surface area contributed by atoms with Crippen LogP contribution in [-0.2, 0) is 14.4 Å². The van der Waals surface area contributed by atoms with Crippen molar-refractivity contribution in [2.75, 3.05) is 6.61 Å². The van der Waals surface area contributed by atoms with Gasteiger partial charge in [-0.25, -0.2) is 0 Å². The quantitative estimate of drug-likeness (QED) is 0.733. The summed E-state index contributed by atoms with van der Waals surface area (Å²) in [5.74, 6) is -0.316. The molecule has 0 spiro atoms. The van der Waals surface area contributed by atoms with Crippen LogP contribution in [0.4, 0.5) is 0 Å². The van der Waals surface area contributed by atoms with E-state index in [0.29, 0.717) is 31.1 Å². The number of ketones is 3. The van der Waals surface area contributed by atoms with Gasteiger partial charge in [0.05, 0.1) is 6.10 Å². The van der Waals surface area contributed by atoms with Crippen LogP contribution in [0.3, 0.4) is 0 Å². The van der Waals surface area contributed by atoms with Crippen molar-refractivity contribution in [1.29, 1.82) is 0 Å². The first-order chi connectivity index (χ1) is 12.2. The summed E-state index contributed by atoms with van der Waals surface area (Å²) in [6.07, 6.45) is 4.30. The first-order valence-corrected chi connectivity index (χ1v) is 10.1. The molecule has 0 aliphatic heterocycles. The molecule has 4 rings (SSSR count). The van der Waals surface area contributed by atoms with Crippen LogP contribution in [0.5, 0.6) is 0 Å². The van der Waals surface area contributed by atoms with Gasteiger partial charge in [-0.15, -0.1) is 0 Å². The highest BCUT2D eigenvalue weighted by Gasteiger charge is 2.65. The molecule has 26 heavy (non-hydrogen) atoms. The van der Waals surface area contributed by atoms with E-state index in [9.17, 15) is 24.6 Å². The van der Waals surface area contributed by atoms with Gasteiger partial charge in [0.1, 0.15) is 6.61 Å². The Balaban J connectivity index is 1.69. The summed E-state index contributed by atoms with van der Waals surface area (Å²) >= 11 is 0. The second-order valence-corrected chi connectivity index (χ2v) is 9.75. The second kappa shape index (κ2) is 5.96. The van der Waals surface area contributed by atoms with Crippen molar-refractivity contribution in [2.45, 2.75) is 64.9 Å². The smallest absolute Gasteiger partial charge is 0.201 e. The fourth-order valence-electron chi connectivity index (χ4n) is 7.72. The molecule has 8 atom stereocenters. The molecule has 2 unspecified atom stereocenters. The Bertz CT molecular complexity index is 657. The lowest BCUT2D eigenvalue weighted by Crippen LogP contribution is -2.61. The largest absolute Gasteiger partial charge is 0.393 e. The molecule has 5 heteroatoms. The maximum atomic E-state index is 12.5. The van der Waals surface area contributed by atoms with Gasteiger partial charge < -0.3 is 10.2 Å². The standard InChI is InChI=1S/C21H30O5/c1-20-8-7-15(23)19(26)14(20)4-3-11-12-5-6-13(17(25)10-22)21(12,2)9-16(24)18(11)20/h11-14,16,18,22,24H,3-10H2,1-2H3/t11-,12-,13+,14?,16?,18+,20-,21-/m0/s1. The van der Waals surface area contributed by atoms with Crippen LogP contribution < -0.4 is 0 Å². The number of fused-ring (bicyclic) bond motifs is 5. The van der Waals surface area contributed by atoms with Crippen LogP contribution in [-0.4, -0.2) is 40.3 Å². The molecular weight excluding hydrogens is 332 g/mol. The molecule has 0 aromatic carbocycles. The molecule has 144 valence electrons. The fraction of sp³-hybridized carbons (Fsp3) is 0.857. The van der Waals surface area contributed by atoms with Gasteiger partial charge in [0.2, 0.25) is 5.78 Å². The van der Waals surface area contributed by atoms with Gasteiger partial charge in [0.25, 0.3) is 0 Å². The SMILES string of the molecule is C[C@]12CC(O)[C@H]3[C@@H](CCC4C(=O)C(=O)CC[C@@]43C)[C@@H]1CC[C@@H]2C(=O)CO. The summed E-state index contributed by atoms with van der Waals surface area (Å²) in [7, 11) is 0. The highest BCUT2D eigenvalue weighted by Crippen LogP contribution is 2.66. The monoisotopic (exact) mass is 362 g/mol. The maximum absolute atomic E-state index is 12.5. The molecule has 0 heterocycles. The summed E-state index contributed by atoms with van der Waals surface area (Å²) in [5.41, 5.74) is -0.578. The third kappa shape index (κ3) is 2.26. The van der Waals surface area contributed by atoms with Crippen molar-refractivity contribution in [1.82, 2.24) is 0 Å². The molecule has 4 saturated carbocycles. The van der Waals surface area contributed by atoms with Crippen LogP contribution in [0, 0.1) is 40.4 Å². The Morgan fingerprint density at radius 3 is 2.54 bits per heavy atom. The zero-order valence-corrected chi connectivity index (χ0v) is 15.7. The van der Waals surface area contributed by atoms with E-state index in [1.165, 1.54) is 0 Å². The maximum Gasteiger partial charge on any atom is 0.201 e. The summed E-state index contributed by atoms with van der Waals surface area (Å²) in [6.45, 7) is 3.80. The van der Waals surface area contributed by atoms with Crippen molar-refractivity contribution >= 4 is 17.3 Å². The fourth-order valence-corrected chi connectivity index (χ4v) is 7.72. The van der Waals surface area contributed by atoms with Crippen molar-refractivity contribution in [3.8, 4) is 0 Å².